The van der Waals surface area contributed by atoms with Crippen LogP contribution in [0.2, 0.25) is 10.0 Å². The van der Waals surface area contributed by atoms with Crippen LogP contribution in [0.25, 0.3) is 11.0 Å². The van der Waals surface area contributed by atoms with E-state index in [1.807, 2.05) is 0 Å². The fourth-order valence-electron chi connectivity index (χ4n) is 2.21. The van der Waals surface area contributed by atoms with Gasteiger partial charge in [0.25, 0.3) is 5.91 Å². The molecule has 0 aliphatic rings. The molecule has 1 amide bonds. The van der Waals surface area contributed by atoms with Gasteiger partial charge in [0.1, 0.15) is 15.9 Å². The lowest BCUT2D eigenvalue weighted by molar-refractivity contribution is 0.0954. The third-order valence-corrected chi connectivity index (χ3v) is 6.00. The Morgan fingerprint density at radius 3 is 2.69 bits per heavy atom. The van der Waals surface area contributed by atoms with E-state index in [4.69, 9.17) is 23.2 Å². The SMILES string of the molecule is O=C(NCCNS(=O)(=O)c1cccc2nsnc12)c1ccc(Cl)cc1Cl. The molecule has 1 aromatic heterocycles. The summed E-state index contributed by atoms with van der Waals surface area (Å²) < 4.78 is 35.3. The molecule has 2 N–H and O–H groups in total. The molecule has 0 aliphatic carbocycles. The van der Waals surface area contributed by atoms with E-state index >= 15 is 0 Å². The molecule has 0 saturated heterocycles. The van der Waals surface area contributed by atoms with E-state index < -0.39 is 15.9 Å². The number of benzene rings is 2. The summed E-state index contributed by atoms with van der Waals surface area (Å²) in [6.45, 7) is 0.0928. The third kappa shape index (κ3) is 4.13. The van der Waals surface area contributed by atoms with E-state index in [1.165, 1.54) is 18.2 Å². The summed E-state index contributed by atoms with van der Waals surface area (Å²) in [6.07, 6.45) is 0. The van der Waals surface area contributed by atoms with E-state index in [-0.39, 0.29) is 28.6 Å². The van der Waals surface area contributed by atoms with Crippen LogP contribution in [0.5, 0.6) is 0 Å². The third-order valence-electron chi connectivity index (χ3n) is 3.42. The molecule has 26 heavy (non-hydrogen) atoms. The molecule has 2 aromatic carbocycles. The number of carbonyl (C=O) groups is 1. The number of nitrogens with one attached hydrogen (secondary N) is 2. The van der Waals surface area contributed by atoms with Crippen molar-refractivity contribution in [3.8, 4) is 0 Å². The first kappa shape index (κ1) is 19.0. The maximum atomic E-state index is 12.4. The summed E-state index contributed by atoms with van der Waals surface area (Å²) in [6, 6.07) is 9.26. The van der Waals surface area contributed by atoms with Crippen LogP contribution in [0.15, 0.2) is 41.3 Å². The molecular formula is C15H12Cl2N4O3S2. The molecule has 136 valence electrons. The average Bonchev–Trinajstić information content (AvgIpc) is 3.07. The first-order valence-corrected chi connectivity index (χ1v) is 10.3. The fraction of sp³-hybridized carbons (Fsp3) is 0.133. The Hall–Kier alpha value is -1.78. The maximum absolute atomic E-state index is 12.4. The molecule has 3 rings (SSSR count). The number of sulfonamides is 1. The Kier molecular flexibility index (Phi) is 5.73. The smallest absolute Gasteiger partial charge is 0.252 e. The molecule has 0 unspecified atom stereocenters. The summed E-state index contributed by atoms with van der Waals surface area (Å²) in [7, 11) is -3.77. The van der Waals surface area contributed by atoms with Crippen LogP contribution in [-0.4, -0.2) is 36.2 Å². The van der Waals surface area contributed by atoms with Gasteiger partial charge in [-0.05, 0) is 30.3 Å². The lowest BCUT2D eigenvalue weighted by Gasteiger charge is -2.09. The Bertz CT molecular complexity index is 1070. The highest BCUT2D eigenvalue weighted by atomic mass is 35.5. The largest absolute Gasteiger partial charge is 0.351 e. The molecule has 0 aliphatic heterocycles. The molecule has 11 heteroatoms. The van der Waals surface area contributed by atoms with Crippen LogP contribution in [-0.2, 0) is 10.0 Å². The zero-order valence-electron chi connectivity index (χ0n) is 13.1. The Balaban J connectivity index is 1.61. The molecule has 7 nitrogen and oxygen atoms in total. The number of rotatable bonds is 6. The number of carbonyl (C=O) groups excluding carboxylic acids is 1. The van der Waals surface area contributed by atoms with E-state index in [9.17, 15) is 13.2 Å². The first-order chi connectivity index (χ1) is 12.4. The van der Waals surface area contributed by atoms with Crippen LogP contribution in [0.3, 0.4) is 0 Å². The van der Waals surface area contributed by atoms with Gasteiger partial charge in [-0.3, -0.25) is 4.79 Å². The minimum Gasteiger partial charge on any atom is -0.351 e. The molecule has 1 heterocycles. The number of fused-ring (bicyclic) bond motifs is 1. The second-order valence-corrected chi connectivity index (χ2v) is 8.27. The van der Waals surface area contributed by atoms with Crippen molar-refractivity contribution in [3.63, 3.8) is 0 Å². The van der Waals surface area contributed by atoms with Crippen LogP contribution in [0.1, 0.15) is 10.4 Å². The average molecular weight is 431 g/mol. The van der Waals surface area contributed by atoms with Gasteiger partial charge in [0, 0.05) is 18.1 Å². The highest BCUT2D eigenvalue weighted by Crippen LogP contribution is 2.21. The van der Waals surface area contributed by atoms with E-state index in [0.29, 0.717) is 16.1 Å². The predicted molar refractivity (Wildman–Crippen MR) is 101 cm³/mol. The van der Waals surface area contributed by atoms with Gasteiger partial charge in [-0.25, -0.2) is 13.1 Å². The number of halogens is 2. The van der Waals surface area contributed by atoms with Gasteiger partial charge >= 0.3 is 0 Å². The van der Waals surface area contributed by atoms with Crippen molar-refractivity contribution in [1.29, 1.82) is 0 Å². The van der Waals surface area contributed by atoms with Crippen molar-refractivity contribution in [2.24, 2.45) is 0 Å². The van der Waals surface area contributed by atoms with Crippen molar-refractivity contribution < 1.29 is 13.2 Å². The van der Waals surface area contributed by atoms with Crippen molar-refractivity contribution in [2.75, 3.05) is 13.1 Å². The van der Waals surface area contributed by atoms with Gasteiger partial charge in [0.05, 0.1) is 22.3 Å². The molecular weight excluding hydrogens is 419 g/mol. The number of hydrogen-bond donors (Lipinski definition) is 2. The highest BCUT2D eigenvalue weighted by molar-refractivity contribution is 7.89. The summed E-state index contributed by atoms with van der Waals surface area (Å²) in [5.41, 5.74) is 1.10. The summed E-state index contributed by atoms with van der Waals surface area (Å²) in [5.74, 6) is -0.420. The normalized spacial score (nSPS) is 11.6. The van der Waals surface area contributed by atoms with Crippen LogP contribution in [0, 0.1) is 0 Å². The topological polar surface area (TPSA) is 101 Å². The van der Waals surface area contributed by atoms with Crippen molar-refractivity contribution >= 4 is 61.9 Å². The monoisotopic (exact) mass is 430 g/mol. The Morgan fingerprint density at radius 2 is 1.92 bits per heavy atom. The standard InChI is InChI=1S/C15H12Cl2N4O3S2/c16-9-4-5-10(11(17)8-9)15(22)18-6-7-19-26(23,24)13-3-1-2-12-14(13)21-25-20-12/h1-5,8,19H,6-7H2,(H,18,22). The minimum absolute atomic E-state index is 0.00718. The van der Waals surface area contributed by atoms with E-state index in [1.54, 1.807) is 18.2 Å². The molecule has 3 aromatic rings. The predicted octanol–water partition coefficient (Wildman–Crippen LogP) is 2.71. The number of hydrogen-bond acceptors (Lipinski definition) is 6. The van der Waals surface area contributed by atoms with Gasteiger partial charge in [-0.15, -0.1) is 0 Å². The van der Waals surface area contributed by atoms with Crippen molar-refractivity contribution in [1.82, 2.24) is 18.8 Å². The molecule has 0 atom stereocenters. The van der Waals surface area contributed by atoms with Crippen molar-refractivity contribution in [3.05, 3.63) is 52.0 Å². The second-order valence-electron chi connectivity index (χ2n) is 5.17. The van der Waals surface area contributed by atoms with Gasteiger partial charge in [-0.2, -0.15) is 8.75 Å². The van der Waals surface area contributed by atoms with Gasteiger partial charge in [0.15, 0.2) is 0 Å². The van der Waals surface area contributed by atoms with Gasteiger partial charge in [-0.1, -0.05) is 29.3 Å². The summed E-state index contributed by atoms with van der Waals surface area (Å²) in [4.78, 5) is 12.1. The number of aromatic nitrogens is 2. The van der Waals surface area contributed by atoms with E-state index in [0.717, 1.165) is 11.7 Å². The zero-order valence-corrected chi connectivity index (χ0v) is 16.2. The van der Waals surface area contributed by atoms with Gasteiger partial charge in [0.2, 0.25) is 10.0 Å². The second kappa shape index (κ2) is 7.85. The minimum atomic E-state index is -3.77. The first-order valence-electron chi connectivity index (χ1n) is 7.33. The zero-order chi connectivity index (χ0) is 18.7. The summed E-state index contributed by atoms with van der Waals surface area (Å²) in [5, 5.41) is 3.24. The lowest BCUT2D eigenvalue weighted by Crippen LogP contribution is -2.34. The van der Waals surface area contributed by atoms with Gasteiger partial charge < -0.3 is 5.32 Å². The van der Waals surface area contributed by atoms with Crippen molar-refractivity contribution in [2.45, 2.75) is 4.90 Å². The Morgan fingerprint density at radius 1 is 1.12 bits per heavy atom. The highest BCUT2D eigenvalue weighted by Gasteiger charge is 2.19. The molecule has 0 bridgehead atoms. The molecule has 0 spiro atoms. The quantitative estimate of drug-likeness (QED) is 0.585. The molecule has 0 fully saturated rings. The molecule has 0 radical (unpaired) electrons. The molecule has 0 saturated carbocycles. The number of nitrogens with zero attached hydrogens (tertiary/aromatic N) is 2. The summed E-state index contributed by atoms with van der Waals surface area (Å²) >= 11 is 12.7. The Labute approximate surface area is 163 Å². The fourth-order valence-corrected chi connectivity index (χ4v) is 4.50. The lowest BCUT2D eigenvalue weighted by atomic mass is 10.2. The van der Waals surface area contributed by atoms with Crippen LogP contribution in [0.4, 0.5) is 0 Å². The number of amides is 1. The van der Waals surface area contributed by atoms with Crippen LogP contribution < -0.4 is 10.0 Å². The van der Waals surface area contributed by atoms with Crippen LogP contribution >= 0.6 is 34.9 Å². The van der Waals surface area contributed by atoms with E-state index in [2.05, 4.69) is 18.8 Å². The maximum Gasteiger partial charge on any atom is 0.252 e.